The van der Waals surface area contributed by atoms with Crippen LogP contribution >= 0.6 is 23.5 Å². The first kappa shape index (κ1) is 34.2. The highest BCUT2D eigenvalue weighted by Gasteiger charge is 2.28. The summed E-state index contributed by atoms with van der Waals surface area (Å²) in [7, 11) is 0. The molecule has 0 saturated carbocycles. The van der Waals surface area contributed by atoms with E-state index in [9.17, 15) is 0 Å². The average molecular weight is 737 g/mol. The second kappa shape index (κ2) is 13.7. The van der Waals surface area contributed by atoms with Crippen molar-refractivity contribution < 1.29 is 0 Å². The lowest BCUT2D eigenvalue weighted by atomic mass is 9.90. The van der Waals surface area contributed by atoms with Crippen LogP contribution in [0.3, 0.4) is 0 Å². The summed E-state index contributed by atoms with van der Waals surface area (Å²) in [6.07, 6.45) is 6.58. The van der Waals surface area contributed by atoms with Crippen molar-refractivity contribution in [2.75, 3.05) is 0 Å². The number of rotatable bonds is 6. The zero-order valence-corrected chi connectivity index (χ0v) is 32.9. The second-order valence-electron chi connectivity index (χ2n) is 14.4. The van der Waals surface area contributed by atoms with Gasteiger partial charge in [0.25, 0.3) is 0 Å². The molecule has 0 amide bonds. The highest BCUT2D eigenvalue weighted by Crippen LogP contribution is 2.39. The summed E-state index contributed by atoms with van der Waals surface area (Å²) in [5.74, 6) is 0. The molecule has 6 aromatic rings. The van der Waals surface area contributed by atoms with E-state index in [1.165, 1.54) is 54.3 Å². The molecule has 3 aliphatic heterocycles. The standard InChI is InChI=1S/C48H40N4S2/c1-27-21-29(3)43(30(4)22-27)45-37-19-17-35(49-37)39-25-41(53-33-13-9-7-10-14-33)47(51-39)46(44-31(5)23-28(2)24-32(44)6)48-42(54-34-15-11-8-12-16-34)26-40(52-48)36-18-20-38(45)50-36/h7-26,49,52H,1-6H3. The fourth-order valence-electron chi connectivity index (χ4n) is 8.12. The highest BCUT2D eigenvalue weighted by molar-refractivity contribution is 8.04. The van der Waals surface area contributed by atoms with Crippen LogP contribution in [0.5, 0.6) is 0 Å². The summed E-state index contributed by atoms with van der Waals surface area (Å²) >= 11 is 3.53. The quantitative estimate of drug-likeness (QED) is 0.180. The van der Waals surface area contributed by atoms with Gasteiger partial charge in [-0.2, -0.15) is 0 Å². The third-order valence-corrected chi connectivity index (χ3v) is 12.3. The molecule has 8 bridgehead atoms. The summed E-state index contributed by atoms with van der Waals surface area (Å²) in [6, 6.07) is 37.0. The van der Waals surface area contributed by atoms with Gasteiger partial charge < -0.3 is 9.97 Å². The van der Waals surface area contributed by atoms with Crippen LogP contribution in [0.2, 0.25) is 0 Å². The van der Waals surface area contributed by atoms with Gasteiger partial charge >= 0.3 is 0 Å². The Bertz CT molecular complexity index is 2870. The van der Waals surface area contributed by atoms with Crippen molar-refractivity contribution >= 4 is 57.5 Å². The molecule has 2 aromatic heterocycles. The molecule has 3 aliphatic rings. The number of allylic oxidation sites excluding steroid dienone is 2. The lowest BCUT2D eigenvalue weighted by Gasteiger charge is -2.17. The Morgan fingerprint density at radius 1 is 0.500 bits per heavy atom. The molecule has 4 nitrogen and oxygen atoms in total. The number of H-pyrrole nitrogens is 2. The molecule has 4 aromatic carbocycles. The molecule has 2 N–H and O–H groups in total. The monoisotopic (exact) mass is 736 g/mol. The zero-order valence-electron chi connectivity index (χ0n) is 31.3. The summed E-state index contributed by atoms with van der Waals surface area (Å²) in [5.41, 5.74) is 15.7. The van der Waals surface area contributed by atoms with Crippen LogP contribution in [0, 0.1) is 41.5 Å². The molecule has 5 heterocycles. The summed E-state index contributed by atoms with van der Waals surface area (Å²) in [4.78, 5) is 23.3. The number of hydrogen-bond donors (Lipinski definition) is 2. The molecular formula is C48H40N4S2. The van der Waals surface area contributed by atoms with Gasteiger partial charge in [0.2, 0.25) is 0 Å². The summed E-state index contributed by atoms with van der Waals surface area (Å²) < 4.78 is 0. The average Bonchev–Trinajstić information content (AvgIpc) is 3.96. The maximum atomic E-state index is 5.60. The van der Waals surface area contributed by atoms with E-state index in [1.807, 2.05) is 0 Å². The van der Waals surface area contributed by atoms with E-state index < -0.39 is 0 Å². The van der Waals surface area contributed by atoms with Crippen molar-refractivity contribution in [2.45, 2.75) is 56.2 Å². The fourth-order valence-corrected chi connectivity index (χ4v) is 10.1. The van der Waals surface area contributed by atoms with E-state index in [4.69, 9.17) is 9.98 Å². The van der Waals surface area contributed by atoms with Crippen LogP contribution in [0.1, 0.15) is 44.5 Å². The van der Waals surface area contributed by atoms with Crippen molar-refractivity contribution in [3.63, 3.8) is 0 Å². The van der Waals surface area contributed by atoms with Crippen molar-refractivity contribution in [1.82, 2.24) is 9.97 Å². The summed E-state index contributed by atoms with van der Waals surface area (Å²) in [6.45, 7) is 13.2. The smallest absolute Gasteiger partial charge is 0.0884 e. The maximum absolute atomic E-state index is 5.60. The number of aryl methyl sites for hydroxylation is 6. The van der Waals surface area contributed by atoms with E-state index >= 15 is 0 Å². The van der Waals surface area contributed by atoms with Crippen LogP contribution in [0.4, 0.5) is 0 Å². The van der Waals surface area contributed by atoms with E-state index in [0.717, 1.165) is 65.2 Å². The van der Waals surface area contributed by atoms with Gasteiger partial charge in [-0.15, -0.1) is 0 Å². The predicted octanol–water partition coefficient (Wildman–Crippen LogP) is 8.81. The van der Waals surface area contributed by atoms with Gasteiger partial charge in [0, 0.05) is 36.1 Å². The Morgan fingerprint density at radius 3 is 1.70 bits per heavy atom. The van der Waals surface area contributed by atoms with E-state index in [-0.39, 0.29) is 0 Å². The van der Waals surface area contributed by atoms with Gasteiger partial charge in [0.1, 0.15) is 0 Å². The number of nitrogens with zero attached hydrogens (tertiary/aromatic N) is 2. The van der Waals surface area contributed by atoms with Crippen molar-refractivity contribution in [3.8, 4) is 0 Å². The first-order chi connectivity index (χ1) is 26.2. The Labute approximate surface area is 324 Å². The van der Waals surface area contributed by atoms with Crippen molar-refractivity contribution in [3.05, 3.63) is 192 Å². The van der Waals surface area contributed by atoms with Crippen LogP contribution in [0.15, 0.2) is 151 Å². The number of benzene rings is 4. The minimum atomic E-state index is 0.904. The number of nitrogens with one attached hydrogen (secondary N) is 2. The number of fused-ring (bicyclic) bond motifs is 6. The molecule has 9 rings (SSSR count). The van der Waals surface area contributed by atoms with E-state index in [2.05, 4.69) is 173 Å². The topological polar surface area (TPSA) is 56.3 Å². The van der Waals surface area contributed by atoms with Gasteiger partial charge in [0.05, 0.1) is 38.9 Å². The predicted molar refractivity (Wildman–Crippen MR) is 228 cm³/mol. The van der Waals surface area contributed by atoms with Crippen LogP contribution in [0.25, 0.3) is 22.5 Å². The first-order valence-corrected chi connectivity index (χ1v) is 20.0. The van der Waals surface area contributed by atoms with Gasteiger partial charge in [0.15, 0.2) is 0 Å². The van der Waals surface area contributed by atoms with Gasteiger partial charge in [-0.25, -0.2) is 9.98 Å². The first-order valence-electron chi connectivity index (χ1n) is 18.3. The largest absolute Gasteiger partial charge is 0.353 e. The molecule has 0 aliphatic carbocycles. The second-order valence-corrected chi connectivity index (χ2v) is 16.6. The molecule has 264 valence electrons. The number of hydrogen-bond acceptors (Lipinski definition) is 4. The highest BCUT2D eigenvalue weighted by atomic mass is 32.2. The lowest BCUT2D eigenvalue weighted by Crippen LogP contribution is -2.22. The third-order valence-electron chi connectivity index (χ3n) is 10.2. The SMILES string of the molecule is Cc1cc(C)c(C2=c3ccc([nH]3)=C3C=C(Sc4ccccc4)C(=N3)C(c3c(C)cc(C)cc3C)=c3[nH]c(cc3Sc3ccccc3)=C3C=CC2=N3)c(C)c1. The number of aromatic nitrogens is 2. The lowest BCUT2D eigenvalue weighted by molar-refractivity contribution is 1.20. The molecule has 6 heteroatoms. The molecule has 0 radical (unpaired) electrons. The third kappa shape index (κ3) is 6.19. The molecule has 0 spiro atoms. The molecular weight excluding hydrogens is 697 g/mol. The Morgan fingerprint density at radius 2 is 1.07 bits per heavy atom. The van der Waals surface area contributed by atoms with Crippen LogP contribution in [-0.4, -0.2) is 21.4 Å². The normalized spacial score (nSPS) is 14.7. The van der Waals surface area contributed by atoms with Crippen LogP contribution < -0.4 is 21.4 Å². The Kier molecular flexibility index (Phi) is 8.68. The Hall–Kier alpha value is -5.56. The minimum Gasteiger partial charge on any atom is -0.353 e. The minimum absolute atomic E-state index is 0.904. The van der Waals surface area contributed by atoms with Crippen molar-refractivity contribution in [2.24, 2.45) is 9.98 Å². The van der Waals surface area contributed by atoms with E-state index in [1.54, 1.807) is 23.5 Å². The van der Waals surface area contributed by atoms with Gasteiger partial charge in [-0.1, -0.05) is 95.3 Å². The van der Waals surface area contributed by atoms with E-state index in [0.29, 0.717) is 0 Å². The fraction of sp³-hybridized carbons (Fsp3) is 0.125. The number of aliphatic imine (C=N–C) groups is 2. The molecule has 54 heavy (non-hydrogen) atoms. The summed E-state index contributed by atoms with van der Waals surface area (Å²) in [5, 5.41) is 4.00. The van der Waals surface area contributed by atoms with Crippen LogP contribution in [-0.2, 0) is 0 Å². The molecule has 0 saturated heterocycles. The zero-order chi connectivity index (χ0) is 37.1. The molecule has 0 unspecified atom stereocenters. The van der Waals surface area contributed by atoms with Gasteiger partial charge in [-0.3, -0.25) is 0 Å². The van der Waals surface area contributed by atoms with Crippen molar-refractivity contribution in [1.29, 1.82) is 0 Å². The molecule has 0 atom stereocenters. The van der Waals surface area contributed by atoms with Gasteiger partial charge in [-0.05, 0) is 136 Å². The Balaban J connectivity index is 1.44. The maximum Gasteiger partial charge on any atom is 0.0884 e. The number of aromatic amines is 2. The molecule has 0 fully saturated rings. The number of thioether (sulfide) groups is 1.